The normalized spacial score (nSPS) is 12.0. The van der Waals surface area contributed by atoms with Crippen LogP contribution in [0, 0.1) is 11.3 Å². The molecule has 1 atom stereocenters. The Balaban J connectivity index is 2.85. The maximum Gasteiger partial charge on any atom is 0.111 e. The molecule has 1 unspecified atom stereocenters. The van der Waals surface area contributed by atoms with E-state index in [0.717, 1.165) is 0 Å². The summed E-state index contributed by atoms with van der Waals surface area (Å²) >= 11 is 0. The molecule has 1 aromatic rings. The van der Waals surface area contributed by atoms with E-state index in [-0.39, 0.29) is 6.61 Å². The number of aliphatic hydroxyl groups excluding tert-OH is 1. The molecule has 0 aliphatic heterocycles. The molecule has 56 valence electrons. The van der Waals surface area contributed by atoms with Gasteiger partial charge in [-0.3, -0.25) is 4.98 Å². The van der Waals surface area contributed by atoms with Crippen molar-refractivity contribution < 1.29 is 5.11 Å². The van der Waals surface area contributed by atoms with Crippen LogP contribution in [0.25, 0.3) is 0 Å². The molecule has 3 nitrogen and oxygen atoms in total. The van der Waals surface area contributed by atoms with Gasteiger partial charge in [0.05, 0.1) is 18.4 Å². The maximum absolute atomic E-state index is 8.72. The van der Waals surface area contributed by atoms with Crippen molar-refractivity contribution in [3.05, 3.63) is 30.1 Å². The summed E-state index contributed by atoms with van der Waals surface area (Å²) in [5.41, 5.74) is 0.623. The average Bonchev–Trinajstić information content (AvgIpc) is 2.09. The number of hydrogen-bond donors (Lipinski definition) is 1. The van der Waals surface area contributed by atoms with Gasteiger partial charge in [-0.1, -0.05) is 6.07 Å². The lowest BCUT2D eigenvalue weighted by Crippen LogP contribution is -2.02. The van der Waals surface area contributed by atoms with Gasteiger partial charge in [-0.2, -0.15) is 5.26 Å². The minimum atomic E-state index is -0.490. The third kappa shape index (κ3) is 1.76. The van der Waals surface area contributed by atoms with Gasteiger partial charge in [-0.25, -0.2) is 0 Å². The molecule has 0 radical (unpaired) electrons. The van der Waals surface area contributed by atoms with Crippen LogP contribution in [0.4, 0.5) is 0 Å². The van der Waals surface area contributed by atoms with E-state index in [1.165, 1.54) is 0 Å². The average molecular weight is 148 g/mol. The van der Waals surface area contributed by atoms with Crippen LogP contribution in [0.5, 0.6) is 0 Å². The van der Waals surface area contributed by atoms with Gasteiger partial charge < -0.3 is 5.11 Å². The van der Waals surface area contributed by atoms with Gasteiger partial charge in [0.1, 0.15) is 5.92 Å². The summed E-state index contributed by atoms with van der Waals surface area (Å²) in [6, 6.07) is 7.25. The van der Waals surface area contributed by atoms with E-state index in [9.17, 15) is 0 Å². The summed E-state index contributed by atoms with van der Waals surface area (Å²) in [5.74, 6) is -0.490. The molecule has 0 aliphatic rings. The zero-order valence-electron chi connectivity index (χ0n) is 5.94. The molecule has 3 heteroatoms. The first-order valence-corrected chi connectivity index (χ1v) is 3.30. The summed E-state index contributed by atoms with van der Waals surface area (Å²) < 4.78 is 0. The first kappa shape index (κ1) is 7.70. The Morgan fingerprint density at radius 3 is 2.91 bits per heavy atom. The van der Waals surface area contributed by atoms with E-state index in [2.05, 4.69) is 4.98 Å². The Morgan fingerprint density at radius 2 is 2.45 bits per heavy atom. The van der Waals surface area contributed by atoms with Gasteiger partial charge in [-0.15, -0.1) is 0 Å². The fourth-order valence-corrected chi connectivity index (χ4v) is 0.783. The van der Waals surface area contributed by atoms with E-state index in [1.54, 1.807) is 24.4 Å². The Kier molecular flexibility index (Phi) is 2.59. The van der Waals surface area contributed by atoms with Crippen molar-refractivity contribution in [2.75, 3.05) is 6.61 Å². The number of hydrogen-bond acceptors (Lipinski definition) is 3. The van der Waals surface area contributed by atoms with Crippen molar-refractivity contribution in [2.45, 2.75) is 5.92 Å². The molecule has 0 bridgehead atoms. The molecule has 0 fully saturated rings. The van der Waals surface area contributed by atoms with Gasteiger partial charge in [-0.05, 0) is 12.1 Å². The fraction of sp³-hybridized carbons (Fsp3) is 0.250. The zero-order chi connectivity index (χ0) is 8.10. The monoisotopic (exact) mass is 148 g/mol. The summed E-state index contributed by atoms with van der Waals surface area (Å²) in [5, 5.41) is 17.2. The standard InChI is InChI=1S/C8H8N2O/c9-5-7(6-11)8-3-1-2-4-10-8/h1-4,7,11H,6H2. The van der Waals surface area contributed by atoms with E-state index in [4.69, 9.17) is 10.4 Å². The molecule has 0 amide bonds. The lowest BCUT2D eigenvalue weighted by atomic mass is 10.1. The summed E-state index contributed by atoms with van der Waals surface area (Å²) in [4.78, 5) is 3.94. The van der Waals surface area contributed by atoms with E-state index in [0.29, 0.717) is 5.69 Å². The molecule has 0 aliphatic carbocycles. The zero-order valence-corrected chi connectivity index (χ0v) is 5.94. The molecule has 1 N–H and O–H groups in total. The lowest BCUT2D eigenvalue weighted by molar-refractivity contribution is 0.284. The van der Waals surface area contributed by atoms with Crippen LogP contribution < -0.4 is 0 Å². The van der Waals surface area contributed by atoms with Crippen molar-refractivity contribution in [3.8, 4) is 6.07 Å². The van der Waals surface area contributed by atoms with Crippen LogP contribution in [0.1, 0.15) is 11.6 Å². The molecule has 11 heavy (non-hydrogen) atoms. The number of nitrogens with zero attached hydrogens (tertiary/aromatic N) is 2. The van der Waals surface area contributed by atoms with Gasteiger partial charge in [0.2, 0.25) is 0 Å². The van der Waals surface area contributed by atoms with Gasteiger partial charge >= 0.3 is 0 Å². The van der Waals surface area contributed by atoms with Gasteiger partial charge in [0.15, 0.2) is 0 Å². The maximum atomic E-state index is 8.72. The minimum Gasteiger partial charge on any atom is -0.395 e. The van der Waals surface area contributed by atoms with Crippen LogP contribution in [0.15, 0.2) is 24.4 Å². The Morgan fingerprint density at radius 1 is 1.64 bits per heavy atom. The molecular weight excluding hydrogens is 140 g/mol. The second-order valence-electron chi connectivity index (χ2n) is 2.12. The largest absolute Gasteiger partial charge is 0.395 e. The van der Waals surface area contributed by atoms with Crippen LogP contribution in [0.2, 0.25) is 0 Å². The number of aromatic nitrogens is 1. The van der Waals surface area contributed by atoms with Gasteiger partial charge in [0.25, 0.3) is 0 Å². The lowest BCUT2D eigenvalue weighted by Gasteiger charge is -2.01. The topological polar surface area (TPSA) is 56.9 Å². The summed E-state index contributed by atoms with van der Waals surface area (Å²) in [6.07, 6.45) is 1.61. The van der Waals surface area contributed by atoms with Gasteiger partial charge in [0, 0.05) is 6.20 Å². The highest BCUT2D eigenvalue weighted by molar-refractivity contribution is 5.16. The van der Waals surface area contributed by atoms with Crippen molar-refractivity contribution in [2.24, 2.45) is 0 Å². The predicted molar refractivity (Wildman–Crippen MR) is 39.7 cm³/mol. The highest BCUT2D eigenvalue weighted by Gasteiger charge is 2.08. The van der Waals surface area contributed by atoms with E-state index in [1.807, 2.05) is 6.07 Å². The number of nitriles is 1. The number of rotatable bonds is 2. The second-order valence-corrected chi connectivity index (χ2v) is 2.12. The quantitative estimate of drug-likeness (QED) is 0.671. The molecule has 0 saturated heterocycles. The first-order chi connectivity index (χ1) is 5.38. The molecule has 1 aromatic heterocycles. The third-order valence-corrected chi connectivity index (χ3v) is 1.38. The van der Waals surface area contributed by atoms with E-state index < -0.39 is 5.92 Å². The molecule has 1 heterocycles. The highest BCUT2D eigenvalue weighted by Crippen LogP contribution is 2.09. The van der Waals surface area contributed by atoms with Crippen LogP contribution >= 0.6 is 0 Å². The fourth-order valence-electron chi connectivity index (χ4n) is 0.783. The first-order valence-electron chi connectivity index (χ1n) is 3.30. The molecule has 0 aromatic carbocycles. The molecule has 0 spiro atoms. The van der Waals surface area contributed by atoms with Crippen LogP contribution in [0.3, 0.4) is 0 Å². The van der Waals surface area contributed by atoms with Crippen molar-refractivity contribution >= 4 is 0 Å². The molecular formula is C8H8N2O. The van der Waals surface area contributed by atoms with Crippen LogP contribution in [-0.2, 0) is 0 Å². The predicted octanol–water partition coefficient (Wildman–Crippen LogP) is 0.681. The number of pyridine rings is 1. The van der Waals surface area contributed by atoms with E-state index >= 15 is 0 Å². The Hall–Kier alpha value is -1.40. The Bertz CT molecular complexity index is 253. The van der Waals surface area contributed by atoms with Crippen molar-refractivity contribution in [3.63, 3.8) is 0 Å². The number of aliphatic hydroxyl groups is 1. The third-order valence-electron chi connectivity index (χ3n) is 1.38. The smallest absolute Gasteiger partial charge is 0.111 e. The summed E-state index contributed by atoms with van der Waals surface area (Å²) in [7, 11) is 0. The minimum absolute atomic E-state index is 0.173. The van der Waals surface area contributed by atoms with Crippen molar-refractivity contribution in [1.29, 1.82) is 5.26 Å². The SMILES string of the molecule is N#CC(CO)c1ccccn1. The Labute approximate surface area is 64.9 Å². The second kappa shape index (κ2) is 3.69. The molecule has 1 rings (SSSR count). The van der Waals surface area contributed by atoms with Crippen molar-refractivity contribution in [1.82, 2.24) is 4.98 Å². The highest BCUT2D eigenvalue weighted by atomic mass is 16.3. The summed E-state index contributed by atoms with van der Waals surface area (Å²) in [6.45, 7) is -0.173. The van der Waals surface area contributed by atoms with Crippen LogP contribution in [-0.4, -0.2) is 16.7 Å². The molecule has 0 saturated carbocycles.